The Balaban J connectivity index is 1.77. The second-order valence-electron chi connectivity index (χ2n) is 5.64. The molecule has 0 aliphatic rings. The zero-order valence-electron chi connectivity index (χ0n) is 14.2. The highest BCUT2D eigenvalue weighted by molar-refractivity contribution is 9.10. The largest absolute Gasteiger partial charge is 0.326 e. The Morgan fingerprint density at radius 1 is 1.08 bits per heavy atom. The van der Waals surface area contributed by atoms with Gasteiger partial charge in [-0.25, -0.2) is 5.43 Å². The molecule has 0 atom stereocenters. The third-order valence-corrected chi connectivity index (χ3v) is 4.20. The van der Waals surface area contributed by atoms with Gasteiger partial charge in [0.25, 0.3) is 0 Å². The molecule has 2 aromatic carbocycles. The minimum Gasteiger partial charge on any atom is -0.326 e. The Hall–Kier alpha value is -2.47. The summed E-state index contributed by atoms with van der Waals surface area (Å²) in [7, 11) is 0. The number of nitrogens with zero attached hydrogens (tertiary/aromatic N) is 1. The van der Waals surface area contributed by atoms with Gasteiger partial charge in [-0.1, -0.05) is 40.2 Å². The van der Waals surface area contributed by atoms with Crippen LogP contribution in [0.1, 0.15) is 29.5 Å². The lowest BCUT2D eigenvalue weighted by Gasteiger charge is -2.10. The number of hydrogen-bond acceptors (Lipinski definition) is 3. The number of carbonyl (C=O) groups excluding carboxylic acids is 2. The van der Waals surface area contributed by atoms with Crippen LogP contribution in [0.25, 0.3) is 0 Å². The molecule has 2 amide bonds. The molecule has 6 heteroatoms. The van der Waals surface area contributed by atoms with Crippen molar-refractivity contribution in [2.45, 2.75) is 26.7 Å². The molecule has 0 aliphatic heterocycles. The standard InChI is InChI=1S/C19H20BrN3O2/c1-13-5-3-8-17(14(13)2)22-18(24)9-10-19(25)23-21-12-15-6-4-7-16(20)11-15/h3-8,11-12H,9-10H2,1-2H3,(H,22,24)(H,23,25)/b21-12-. The van der Waals surface area contributed by atoms with Crippen molar-refractivity contribution in [1.82, 2.24) is 5.43 Å². The third kappa shape index (κ3) is 6.15. The van der Waals surface area contributed by atoms with E-state index in [9.17, 15) is 9.59 Å². The van der Waals surface area contributed by atoms with Crippen molar-refractivity contribution >= 4 is 39.6 Å². The minimum absolute atomic E-state index is 0.0759. The fourth-order valence-corrected chi connectivity index (χ4v) is 2.56. The van der Waals surface area contributed by atoms with Gasteiger partial charge in [-0.05, 0) is 48.7 Å². The first-order valence-electron chi connectivity index (χ1n) is 7.89. The van der Waals surface area contributed by atoms with Gasteiger partial charge in [0.05, 0.1) is 6.21 Å². The number of benzene rings is 2. The summed E-state index contributed by atoms with van der Waals surface area (Å²) in [6, 6.07) is 13.3. The van der Waals surface area contributed by atoms with Gasteiger partial charge in [-0.15, -0.1) is 0 Å². The predicted octanol–water partition coefficient (Wildman–Crippen LogP) is 3.93. The zero-order chi connectivity index (χ0) is 18.2. The van der Waals surface area contributed by atoms with Gasteiger partial charge in [0.1, 0.15) is 0 Å². The Kier molecular flexibility index (Phi) is 6.89. The molecule has 25 heavy (non-hydrogen) atoms. The maximum absolute atomic E-state index is 12.0. The van der Waals surface area contributed by atoms with E-state index in [1.54, 1.807) is 6.21 Å². The number of anilines is 1. The SMILES string of the molecule is Cc1cccc(NC(=O)CCC(=O)N/N=C\c2cccc(Br)c2)c1C. The highest BCUT2D eigenvalue weighted by atomic mass is 79.9. The van der Waals surface area contributed by atoms with Crippen LogP contribution in [0.5, 0.6) is 0 Å². The topological polar surface area (TPSA) is 70.6 Å². The van der Waals surface area contributed by atoms with Crippen molar-refractivity contribution in [3.05, 3.63) is 63.6 Å². The molecule has 0 aromatic heterocycles. The predicted molar refractivity (Wildman–Crippen MR) is 104 cm³/mol. The van der Waals surface area contributed by atoms with Gasteiger partial charge >= 0.3 is 0 Å². The molecule has 0 unspecified atom stereocenters. The molecule has 2 aromatic rings. The van der Waals surface area contributed by atoms with Gasteiger partial charge in [0.15, 0.2) is 0 Å². The molecule has 0 bridgehead atoms. The molecule has 2 rings (SSSR count). The molecular formula is C19H20BrN3O2. The van der Waals surface area contributed by atoms with E-state index >= 15 is 0 Å². The molecule has 0 aliphatic carbocycles. The van der Waals surface area contributed by atoms with Crippen molar-refractivity contribution in [3.8, 4) is 0 Å². The number of hydrazone groups is 1. The van der Waals surface area contributed by atoms with Crippen LogP contribution in [-0.4, -0.2) is 18.0 Å². The molecule has 2 N–H and O–H groups in total. The molecular weight excluding hydrogens is 382 g/mol. The monoisotopic (exact) mass is 401 g/mol. The minimum atomic E-state index is -0.303. The average Bonchev–Trinajstić information content (AvgIpc) is 2.57. The van der Waals surface area contributed by atoms with E-state index in [-0.39, 0.29) is 24.7 Å². The van der Waals surface area contributed by atoms with Crippen molar-refractivity contribution < 1.29 is 9.59 Å². The molecule has 0 fully saturated rings. The molecule has 0 spiro atoms. The number of rotatable bonds is 6. The fraction of sp³-hybridized carbons (Fsp3) is 0.211. The summed E-state index contributed by atoms with van der Waals surface area (Å²) in [5, 5.41) is 6.73. The van der Waals surface area contributed by atoms with E-state index in [0.717, 1.165) is 26.9 Å². The first-order chi connectivity index (χ1) is 12.0. The lowest BCUT2D eigenvalue weighted by Crippen LogP contribution is -2.21. The van der Waals surface area contributed by atoms with Crippen molar-refractivity contribution in [2.75, 3.05) is 5.32 Å². The maximum Gasteiger partial charge on any atom is 0.240 e. The van der Waals surface area contributed by atoms with Crippen LogP contribution in [0.4, 0.5) is 5.69 Å². The number of nitrogens with one attached hydrogen (secondary N) is 2. The average molecular weight is 402 g/mol. The summed E-state index contributed by atoms with van der Waals surface area (Å²) >= 11 is 3.37. The second-order valence-corrected chi connectivity index (χ2v) is 6.56. The second kappa shape index (κ2) is 9.13. The molecule has 130 valence electrons. The summed E-state index contributed by atoms with van der Waals surface area (Å²) < 4.78 is 0.936. The van der Waals surface area contributed by atoms with Crippen molar-refractivity contribution in [3.63, 3.8) is 0 Å². The third-order valence-electron chi connectivity index (χ3n) is 3.71. The first-order valence-corrected chi connectivity index (χ1v) is 8.68. The summed E-state index contributed by atoms with van der Waals surface area (Å²) in [6.07, 6.45) is 1.73. The van der Waals surface area contributed by atoms with Crippen molar-refractivity contribution in [1.29, 1.82) is 0 Å². The van der Waals surface area contributed by atoms with Crippen LogP contribution in [-0.2, 0) is 9.59 Å². The zero-order valence-corrected chi connectivity index (χ0v) is 15.8. The quantitative estimate of drug-likeness (QED) is 0.568. The summed E-state index contributed by atoms with van der Waals surface area (Å²) in [5.41, 5.74) is 6.20. The van der Waals surface area contributed by atoms with E-state index in [4.69, 9.17) is 0 Å². The van der Waals surface area contributed by atoms with E-state index < -0.39 is 0 Å². The molecule has 5 nitrogen and oxygen atoms in total. The summed E-state index contributed by atoms with van der Waals surface area (Å²) in [4.78, 5) is 23.7. The highest BCUT2D eigenvalue weighted by Gasteiger charge is 2.08. The Labute approximate surface area is 155 Å². The Morgan fingerprint density at radius 3 is 2.56 bits per heavy atom. The summed E-state index contributed by atoms with van der Waals surface area (Å²) in [5.74, 6) is -0.498. The first kappa shape index (κ1) is 18.9. The Morgan fingerprint density at radius 2 is 1.80 bits per heavy atom. The number of hydrogen-bond donors (Lipinski definition) is 2. The lowest BCUT2D eigenvalue weighted by molar-refractivity contribution is -0.124. The van der Waals surface area contributed by atoms with E-state index in [2.05, 4.69) is 31.8 Å². The maximum atomic E-state index is 12.0. The normalized spacial score (nSPS) is 10.7. The number of carbonyl (C=O) groups is 2. The molecule has 0 heterocycles. The van der Waals surface area contributed by atoms with E-state index in [1.807, 2.05) is 56.3 Å². The molecule has 0 saturated carbocycles. The van der Waals surface area contributed by atoms with Gasteiger partial charge in [-0.3, -0.25) is 9.59 Å². The molecule has 0 radical (unpaired) electrons. The van der Waals surface area contributed by atoms with Crippen LogP contribution in [0.15, 0.2) is 52.0 Å². The Bertz CT molecular complexity index is 803. The van der Waals surface area contributed by atoms with Crippen LogP contribution in [0.3, 0.4) is 0 Å². The highest BCUT2D eigenvalue weighted by Crippen LogP contribution is 2.18. The van der Waals surface area contributed by atoms with E-state index in [0.29, 0.717) is 0 Å². The number of amides is 2. The number of halogens is 1. The lowest BCUT2D eigenvalue weighted by atomic mass is 10.1. The smallest absolute Gasteiger partial charge is 0.240 e. The fourth-order valence-electron chi connectivity index (χ4n) is 2.15. The summed E-state index contributed by atoms with van der Waals surface area (Å²) in [6.45, 7) is 3.94. The van der Waals surface area contributed by atoms with E-state index in [1.165, 1.54) is 0 Å². The van der Waals surface area contributed by atoms with Crippen LogP contribution in [0.2, 0.25) is 0 Å². The van der Waals surface area contributed by atoms with Gasteiger partial charge in [0.2, 0.25) is 11.8 Å². The van der Waals surface area contributed by atoms with Gasteiger partial charge < -0.3 is 5.32 Å². The van der Waals surface area contributed by atoms with Crippen LogP contribution >= 0.6 is 15.9 Å². The van der Waals surface area contributed by atoms with Crippen LogP contribution in [0, 0.1) is 13.8 Å². The van der Waals surface area contributed by atoms with Gasteiger partial charge in [0, 0.05) is 23.0 Å². The number of aryl methyl sites for hydroxylation is 1. The van der Waals surface area contributed by atoms with Crippen molar-refractivity contribution in [2.24, 2.45) is 5.10 Å². The van der Waals surface area contributed by atoms with Gasteiger partial charge in [-0.2, -0.15) is 5.10 Å². The molecule has 0 saturated heterocycles. The van der Waals surface area contributed by atoms with Crippen LogP contribution < -0.4 is 10.7 Å².